The van der Waals surface area contributed by atoms with Gasteiger partial charge in [0.2, 0.25) is 0 Å². The lowest BCUT2D eigenvalue weighted by Crippen LogP contribution is -2.32. The first-order valence-corrected chi connectivity index (χ1v) is 8.20. The number of rotatable bonds is 4. The Morgan fingerprint density at radius 2 is 2.04 bits per heavy atom. The van der Waals surface area contributed by atoms with Gasteiger partial charge >= 0.3 is 0 Å². The molecule has 0 spiro atoms. The van der Waals surface area contributed by atoms with E-state index in [0.717, 1.165) is 21.3 Å². The van der Waals surface area contributed by atoms with Crippen molar-refractivity contribution in [2.45, 2.75) is 19.9 Å². The van der Waals surface area contributed by atoms with E-state index in [9.17, 15) is 4.79 Å². The van der Waals surface area contributed by atoms with Crippen molar-refractivity contribution in [2.75, 3.05) is 0 Å². The van der Waals surface area contributed by atoms with Gasteiger partial charge in [-0.15, -0.1) is 0 Å². The minimum atomic E-state index is -0.200. The normalized spacial score (nSPS) is 12.5. The summed E-state index contributed by atoms with van der Waals surface area (Å²) >= 11 is 3.33. The monoisotopic (exact) mass is 372 g/mol. The van der Waals surface area contributed by atoms with E-state index in [2.05, 4.69) is 50.0 Å². The fraction of sp³-hybridized carbons (Fsp3) is 0.235. The molecule has 3 aromatic rings. The molecule has 6 heteroatoms. The smallest absolute Gasteiger partial charge is 0.253 e. The average molecular weight is 373 g/mol. The molecular weight excluding hydrogens is 356 g/mol. The summed E-state index contributed by atoms with van der Waals surface area (Å²) in [5, 5.41) is 3.04. The molecule has 2 heterocycles. The molecule has 1 amide bonds. The Morgan fingerprint density at radius 1 is 1.26 bits per heavy atom. The van der Waals surface area contributed by atoms with Gasteiger partial charge < -0.3 is 10.3 Å². The lowest BCUT2D eigenvalue weighted by molar-refractivity contribution is 0.0923. The van der Waals surface area contributed by atoms with Crippen molar-refractivity contribution >= 4 is 32.9 Å². The van der Waals surface area contributed by atoms with Gasteiger partial charge in [0.15, 0.2) is 0 Å². The zero-order valence-corrected chi connectivity index (χ0v) is 14.5. The summed E-state index contributed by atoms with van der Waals surface area (Å²) in [7, 11) is 0. The number of hydrogen-bond acceptors (Lipinski definition) is 3. The first-order chi connectivity index (χ1) is 11.0. The zero-order valence-electron chi connectivity index (χ0n) is 12.9. The summed E-state index contributed by atoms with van der Waals surface area (Å²) in [5.74, 6) is 0.787. The molecule has 0 saturated heterocycles. The number of imidazole rings is 1. The lowest BCUT2D eigenvalue weighted by Gasteiger charge is -2.20. The molecule has 0 aliphatic heterocycles. The molecule has 23 heavy (non-hydrogen) atoms. The number of hydrogen-bond donors (Lipinski definition) is 2. The maximum absolute atomic E-state index is 12.5. The molecule has 0 saturated carbocycles. The molecule has 0 aliphatic carbocycles. The quantitative estimate of drug-likeness (QED) is 0.730. The third-order valence-electron chi connectivity index (χ3n) is 3.62. The highest BCUT2D eigenvalue weighted by atomic mass is 79.9. The van der Waals surface area contributed by atoms with Gasteiger partial charge in [0.25, 0.3) is 5.91 Å². The van der Waals surface area contributed by atoms with Crippen LogP contribution in [0.25, 0.3) is 11.0 Å². The number of para-hydroxylation sites is 2. The van der Waals surface area contributed by atoms with Crippen molar-refractivity contribution in [1.29, 1.82) is 0 Å². The molecule has 0 radical (unpaired) electrons. The van der Waals surface area contributed by atoms with Crippen molar-refractivity contribution in [3.8, 4) is 0 Å². The second-order valence-electron chi connectivity index (χ2n) is 5.73. The van der Waals surface area contributed by atoms with E-state index in [4.69, 9.17) is 0 Å². The van der Waals surface area contributed by atoms with Crippen LogP contribution in [0.2, 0.25) is 0 Å². The second-order valence-corrected chi connectivity index (χ2v) is 6.64. The van der Waals surface area contributed by atoms with Gasteiger partial charge in [0.1, 0.15) is 5.82 Å². The standard InChI is InChI=1S/C17H17BrN4O/c1-10(2)15(16-20-13-5-3-4-6-14(13)21-16)22-17(23)11-7-12(18)9-19-8-11/h3-10,15H,1-2H3,(H,20,21)(H,22,23). The average Bonchev–Trinajstić information content (AvgIpc) is 2.95. The van der Waals surface area contributed by atoms with Crippen molar-refractivity contribution in [3.63, 3.8) is 0 Å². The number of fused-ring (bicyclic) bond motifs is 1. The van der Waals surface area contributed by atoms with Gasteiger partial charge in [-0.3, -0.25) is 9.78 Å². The van der Waals surface area contributed by atoms with E-state index in [1.54, 1.807) is 18.5 Å². The second kappa shape index (κ2) is 6.50. The topological polar surface area (TPSA) is 70.7 Å². The summed E-state index contributed by atoms with van der Waals surface area (Å²) in [5.41, 5.74) is 2.37. The van der Waals surface area contributed by atoms with Crippen LogP contribution in [-0.2, 0) is 0 Å². The number of aromatic amines is 1. The highest BCUT2D eigenvalue weighted by Gasteiger charge is 2.22. The van der Waals surface area contributed by atoms with Gasteiger partial charge in [-0.1, -0.05) is 26.0 Å². The number of carbonyl (C=O) groups is 1. The van der Waals surface area contributed by atoms with Crippen LogP contribution in [0.5, 0.6) is 0 Å². The number of carbonyl (C=O) groups excluding carboxylic acids is 1. The Bertz CT molecular complexity index is 810. The Kier molecular flexibility index (Phi) is 4.43. The molecule has 118 valence electrons. The van der Waals surface area contributed by atoms with E-state index in [1.807, 2.05) is 24.3 Å². The van der Waals surface area contributed by atoms with Gasteiger partial charge in [0, 0.05) is 16.9 Å². The van der Waals surface area contributed by atoms with Crippen LogP contribution in [0.1, 0.15) is 36.1 Å². The molecule has 5 nitrogen and oxygen atoms in total. The van der Waals surface area contributed by atoms with Crippen LogP contribution in [0.3, 0.4) is 0 Å². The number of halogens is 1. The van der Waals surface area contributed by atoms with Crippen LogP contribution in [0.4, 0.5) is 0 Å². The minimum absolute atomic E-state index is 0.169. The molecule has 0 bridgehead atoms. The fourth-order valence-corrected chi connectivity index (χ4v) is 2.80. The van der Waals surface area contributed by atoms with E-state index < -0.39 is 0 Å². The fourth-order valence-electron chi connectivity index (χ4n) is 2.43. The summed E-state index contributed by atoms with van der Waals surface area (Å²) in [6.07, 6.45) is 3.20. The molecule has 2 aromatic heterocycles. The first kappa shape index (κ1) is 15.7. The zero-order chi connectivity index (χ0) is 16.4. The molecule has 3 rings (SSSR count). The van der Waals surface area contributed by atoms with Crippen molar-refractivity contribution in [3.05, 3.63) is 58.6 Å². The number of aromatic nitrogens is 3. The van der Waals surface area contributed by atoms with Gasteiger partial charge in [-0.05, 0) is 40.0 Å². The Morgan fingerprint density at radius 3 is 2.74 bits per heavy atom. The Labute approximate surface area is 142 Å². The Hall–Kier alpha value is -2.21. The highest BCUT2D eigenvalue weighted by molar-refractivity contribution is 9.10. The number of nitrogens with zero attached hydrogens (tertiary/aromatic N) is 2. The molecule has 1 atom stereocenters. The first-order valence-electron chi connectivity index (χ1n) is 7.40. The van der Waals surface area contributed by atoms with Crippen LogP contribution in [0.15, 0.2) is 47.2 Å². The predicted octanol–water partition coefficient (Wildman–Crippen LogP) is 3.85. The molecule has 1 unspecified atom stereocenters. The molecule has 0 aliphatic rings. The summed E-state index contributed by atoms with van der Waals surface area (Å²) in [6, 6.07) is 9.38. The van der Waals surface area contributed by atoms with E-state index in [1.165, 1.54) is 0 Å². The molecule has 0 fully saturated rings. The Balaban J connectivity index is 1.88. The number of benzene rings is 1. The third kappa shape index (κ3) is 3.42. The van der Waals surface area contributed by atoms with Crippen molar-refractivity contribution in [2.24, 2.45) is 5.92 Å². The van der Waals surface area contributed by atoms with Gasteiger partial charge in [-0.2, -0.15) is 0 Å². The lowest BCUT2D eigenvalue weighted by atomic mass is 10.0. The maximum atomic E-state index is 12.5. The summed E-state index contributed by atoms with van der Waals surface area (Å²) in [6.45, 7) is 4.11. The molecule has 1 aromatic carbocycles. The third-order valence-corrected chi connectivity index (χ3v) is 4.06. The highest BCUT2D eigenvalue weighted by Crippen LogP contribution is 2.23. The largest absolute Gasteiger partial charge is 0.342 e. The van der Waals surface area contributed by atoms with Gasteiger partial charge in [0.05, 0.1) is 22.6 Å². The van der Waals surface area contributed by atoms with Crippen molar-refractivity contribution < 1.29 is 4.79 Å². The number of amides is 1. The number of nitrogens with one attached hydrogen (secondary N) is 2. The van der Waals surface area contributed by atoms with Gasteiger partial charge in [-0.25, -0.2) is 4.98 Å². The molecule has 2 N–H and O–H groups in total. The summed E-state index contributed by atoms with van der Waals surface area (Å²) < 4.78 is 0.773. The van der Waals surface area contributed by atoms with Crippen LogP contribution in [-0.4, -0.2) is 20.9 Å². The minimum Gasteiger partial charge on any atom is -0.342 e. The maximum Gasteiger partial charge on any atom is 0.253 e. The van der Waals surface area contributed by atoms with E-state index in [0.29, 0.717) is 5.56 Å². The summed E-state index contributed by atoms with van der Waals surface area (Å²) in [4.78, 5) is 24.4. The van der Waals surface area contributed by atoms with Crippen LogP contribution in [0, 0.1) is 5.92 Å². The molecular formula is C17H17BrN4O. The number of H-pyrrole nitrogens is 1. The SMILES string of the molecule is CC(C)C(NC(=O)c1cncc(Br)c1)c1nc2ccccc2[nH]1. The van der Waals surface area contributed by atoms with Crippen LogP contribution < -0.4 is 5.32 Å². The van der Waals surface area contributed by atoms with Crippen LogP contribution >= 0.6 is 15.9 Å². The predicted molar refractivity (Wildman–Crippen MR) is 93.1 cm³/mol. The van der Waals surface area contributed by atoms with Crippen molar-refractivity contribution in [1.82, 2.24) is 20.3 Å². The van der Waals surface area contributed by atoms with E-state index in [-0.39, 0.29) is 17.9 Å². The number of pyridine rings is 1. The van der Waals surface area contributed by atoms with E-state index >= 15 is 0 Å².